The molecule has 6 nitrogen and oxygen atoms in total. The molecule has 29 heavy (non-hydrogen) atoms. The van der Waals surface area contributed by atoms with Crippen LogP contribution in [0.15, 0.2) is 47.3 Å². The summed E-state index contributed by atoms with van der Waals surface area (Å²) in [5, 5.41) is 10.7. The maximum Gasteiger partial charge on any atom is 0.344 e. The summed E-state index contributed by atoms with van der Waals surface area (Å²) in [4.78, 5) is 11.6. The second kappa shape index (κ2) is 11.2. The first kappa shape index (κ1) is 22.4. The molecule has 0 radical (unpaired) electrons. The van der Waals surface area contributed by atoms with Crippen LogP contribution in [-0.4, -0.2) is 37.5 Å². The summed E-state index contributed by atoms with van der Waals surface area (Å²) >= 11 is 0. The van der Waals surface area contributed by atoms with Crippen LogP contribution < -0.4 is 9.47 Å². The third-order valence-electron chi connectivity index (χ3n) is 4.28. The van der Waals surface area contributed by atoms with Gasteiger partial charge in [0.15, 0.2) is 18.1 Å². The van der Waals surface area contributed by atoms with E-state index in [2.05, 4.69) is 26.8 Å². The normalized spacial score (nSPS) is 13.3. The number of hydrogen-bond acceptors (Lipinski definition) is 6. The average Bonchev–Trinajstić information content (AvgIpc) is 2.68. The van der Waals surface area contributed by atoms with Gasteiger partial charge in [0.1, 0.15) is 30.3 Å². The van der Waals surface area contributed by atoms with E-state index in [9.17, 15) is 9.90 Å². The van der Waals surface area contributed by atoms with Gasteiger partial charge >= 0.3 is 5.97 Å². The van der Waals surface area contributed by atoms with Gasteiger partial charge in [0.2, 0.25) is 0 Å². The molecule has 0 saturated heterocycles. The number of carbonyl (C=O) groups excluding carboxylic acids is 1. The number of ether oxygens (including phenoxy) is 4. The summed E-state index contributed by atoms with van der Waals surface area (Å²) < 4.78 is 21.8. The molecule has 1 aromatic rings. The molecule has 0 atom stereocenters. The van der Waals surface area contributed by atoms with Crippen molar-refractivity contribution >= 4 is 11.7 Å². The van der Waals surface area contributed by atoms with E-state index in [-0.39, 0.29) is 25.6 Å². The number of benzene rings is 1. The van der Waals surface area contributed by atoms with Crippen molar-refractivity contribution in [2.24, 2.45) is 0 Å². The molecule has 6 heteroatoms. The number of allylic oxidation sites excluding steroid dienone is 3. The number of carbonyl (C=O) groups is 1. The molecule has 1 aromatic carbocycles. The largest absolute Gasteiger partial charge is 0.504 e. The molecule has 1 heterocycles. The zero-order valence-electron chi connectivity index (χ0n) is 17.6. The fraction of sp³-hybridized carbons (Fsp3) is 0.435. The Balaban J connectivity index is 2.04. The van der Waals surface area contributed by atoms with Crippen molar-refractivity contribution in [2.45, 2.75) is 40.5 Å². The maximum absolute atomic E-state index is 11.6. The molecule has 0 spiro atoms. The molecule has 1 aliphatic heterocycles. The van der Waals surface area contributed by atoms with Crippen LogP contribution in [0.5, 0.6) is 11.5 Å². The van der Waals surface area contributed by atoms with Gasteiger partial charge in [-0.05, 0) is 58.7 Å². The van der Waals surface area contributed by atoms with E-state index in [4.69, 9.17) is 18.9 Å². The van der Waals surface area contributed by atoms with Gasteiger partial charge < -0.3 is 24.1 Å². The molecule has 0 aromatic heterocycles. The molecule has 2 rings (SSSR count). The van der Waals surface area contributed by atoms with E-state index in [1.165, 1.54) is 11.1 Å². The topological polar surface area (TPSA) is 74.2 Å². The SMILES string of the molecule is CCOC(=O)COc1cccc2c1C(O)=C(OC/C=C(\C)CCC=C(C)C)CO2. The molecular formula is C23H30O6. The number of aliphatic hydroxyl groups is 1. The lowest BCUT2D eigenvalue weighted by atomic mass is 10.1. The minimum atomic E-state index is -0.476. The molecule has 0 saturated carbocycles. The van der Waals surface area contributed by atoms with Crippen LogP contribution in [0.4, 0.5) is 0 Å². The van der Waals surface area contributed by atoms with Gasteiger partial charge in [-0.25, -0.2) is 4.79 Å². The van der Waals surface area contributed by atoms with Crippen molar-refractivity contribution in [1.29, 1.82) is 0 Å². The monoisotopic (exact) mass is 402 g/mol. The maximum atomic E-state index is 11.6. The average molecular weight is 402 g/mol. The zero-order chi connectivity index (χ0) is 21.2. The highest BCUT2D eigenvalue weighted by molar-refractivity contribution is 5.75. The second-order valence-corrected chi connectivity index (χ2v) is 6.97. The summed E-state index contributed by atoms with van der Waals surface area (Å²) in [7, 11) is 0. The highest BCUT2D eigenvalue weighted by Crippen LogP contribution is 2.38. The first-order chi connectivity index (χ1) is 13.9. The Bertz CT molecular complexity index is 800. The van der Waals surface area contributed by atoms with Gasteiger partial charge in [0.25, 0.3) is 0 Å². The smallest absolute Gasteiger partial charge is 0.344 e. The fourth-order valence-corrected chi connectivity index (χ4v) is 2.76. The summed E-state index contributed by atoms with van der Waals surface area (Å²) in [5.41, 5.74) is 2.91. The van der Waals surface area contributed by atoms with E-state index in [1.54, 1.807) is 25.1 Å². The van der Waals surface area contributed by atoms with E-state index < -0.39 is 5.97 Å². The first-order valence-corrected chi connectivity index (χ1v) is 9.80. The van der Waals surface area contributed by atoms with Crippen molar-refractivity contribution in [3.63, 3.8) is 0 Å². The molecule has 158 valence electrons. The fourth-order valence-electron chi connectivity index (χ4n) is 2.76. The molecule has 0 amide bonds. The zero-order valence-corrected chi connectivity index (χ0v) is 17.6. The molecule has 0 unspecified atom stereocenters. The van der Waals surface area contributed by atoms with Gasteiger partial charge in [0, 0.05) is 0 Å². The van der Waals surface area contributed by atoms with Crippen molar-refractivity contribution < 1.29 is 28.8 Å². The second-order valence-electron chi connectivity index (χ2n) is 6.97. The Labute approximate surface area is 172 Å². The lowest BCUT2D eigenvalue weighted by molar-refractivity contribution is -0.145. The summed E-state index contributed by atoms with van der Waals surface area (Å²) in [6.45, 7) is 8.46. The third-order valence-corrected chi connectivity index (χ3v) is 4.28. The highest BCUT2D eigenvalue weighted by Gasteiger charge is 2.25. The summed E-state index contributed by atoms with van der Waals surface area (Å²) in [5.74, 6) is 0.627. The molecule has 0 aliphatic carbocycles. The third kappa shape index (κ3) is 6.89. The molecule has 0 fully saturated rings. The van der Waals surface area contributed by atoms with E-state index in [0.717, 1.165) is 12.8 Å². The Morgan fingerprint density at radius 3 is 2.72 bits per heavy atom. The van der Waals surface area contributed by atoms with Crippen LogP contribution in [0.1, 0.15) is 46.1 Å². The van der Waals surface area contributed by atoms with Crippen LogP contribution in [0.25, 0.3) is 5.76 Å². The Morgan fingerprint density at radius 2 is 2.00 bits per heavy atom. The summed E-state index contributed by atoms with van der Waals surface area (Å²) in [6.07, 6.45) is 6.16. The van der Waals surface area contributed by atoms with Gasteiger partial charge in [-0.15, -0.1) is 0 Å². The predicted octanol–water partition coefficient (Wildman–Crippen LogP) is 4.96. The Hall–Kier alpha value is -2.89. The first-order valence-electron chi connectivity index (χ1n) is 9.80. The van der Waals surface area contributed by atoms with Crippen molar-refractivity contribution in [3.05, 3.63) is 52.8 Å². The van der Waals surface area contributed by atoms with Crippen LogP contribution in [0.2, 0.25) is 0 Å². The molecular weight excluding hydrogens is 372 g/mol. The van der Waals surface area contributed by atoms with Crippen molar-refractivity contribution in [3.8, 4) is 11.5 Å². The predicted molar refractivity (Wildman–Crippen MR) is 112 cm³/mol. The van der Waals surface area contributed by atoms with Crippen LogP contribution in [0, 0.1) is 0 Å². The van der Waals surface area contributed by atoms with E-state index in [1.807, 2.05) is 6.08 Å². The van der Waals surface area contributed by atoms with Gasteiger partial charge in [-0.3, -0.25) is 0 Å². The number of aliphatic hydroxyl groups excluding tert-OH is 1. The van der Waals surface area contributed by atoms with E-state index in [0.29, 0.717) is 29.4 Å². The minimum absolute atomic E-state index is 0.0405. The molecule has 1 N–H and O–H groups in total. The van der Waals surface area contributed by atoms with Gasteiger partial charge in [0.05, 0.1) is 6.61 Å². The number of esters is 1. The van der Waals surface area contributed by atoms with Gasteiger partial charge in [-0.1, -0.05) is 23.3 Å². The number of fused-ring (bicyclic) bond motifs is 1. The minimum Gasteiger partial charge on any atom is -0.504 e. The van der Waals surface area contributed by atoms with Crippen molar-refractivity contribution in [2.75, 3.05) is 26.4 Å². The Morgan fingerprint density at radius 1 is 1.21 bits per heavy atom. The summed E-state index contributed by atoms with van der Waals surface area (Å²) in [6, 6.07) is 5.12. The number of rotatable bonds is 10. The van der Waals surface area contributed by atoms with Crippen LogP contribution >= 0.6 is 0 Å². The van der Waals surface area contributed by atoms with Crippen molar-refractivity contribution in [1.82, 2.24) is 0 Å². The van der Waals surface area contributed by atoms with E-state index >= 15 is 0 Å². The van der Waals surface area contributed by atoms with Crippen LogP contribution in [-0.2, 0) is 14.3 Å². The standard InChI is InChI=1S/C23H30O6/c1-5-26-21(24)15-29-19-11-7-10-18-22(19)23(25)20(14-28-18)27-13-12-17(4)9-6-8-16(2)3/h7-8,10-12,25H,5-6,9,13-15H2,1-4H3/b17-12+. The highest BCUT2D eigenvalue weighted by atomic mass is 16.6. The molecule has 0 bridgehead atoms. The quantitative estimate of drug-likeness (QED) is 0.441. The lowest BCUT2D eigenvalue weighted by Crippen LogP contribution is -2.18. The molecule has 1 aliphatic rings. The van der Waals surface area contributed by atoms with Crippen LogP contribution in [0.3, 0.4) is 0 Å². The van der Waals surface area contributed by atoms with Gasteiger partial charge in [-0.2, -0.15) is 0 Å². The lowest BCUT2D eigenvalue weighted by Gasteiger charge is -2.22. The Kier molecular flexibility index (Phi) is 8.65. The number of hydrogen-bond donors (Lipinski definition) is 1.